The third kappa shape index (κ3) is 3.05. The lowest BCUT2D eigenvalue weighted by atomic mass is 9.96. The van der Waals surface area contributed by atoms with Gasteiger partial charge in [-0.1, -0.05) is 6.08 Å². The molecule has 1 aliphatic rings. The summed E-state index contributed by atoms with van der Waals surface area (Å²) in [4.78, 5) is 13.0. The Bertz CT molecular complexity index is 311. The number of nitrogens with zero attached hydrogens (tertiary/aromatic N) is 2. The minimum atomic E-state index is -0.424. The summed E-state index contributed by atoms with van der Waals surface area (Å²) in [7, 11) is 0. The number of aliphatic hydroxyl groups excluding tert-OH is 1. The first-order valence-electron chi connectivity index (χ1n) is 4.77. The van der Waals surface area contributed by atoms with Crippen LogP contribution in [0.5, 0.6) is 0 Å². The number of carbonyl (C=O) groups is 1. The van der Waals surface area contributed by atoms with Gasteiger partial charge in [-0.25, -0.2) is 0 Å². The Kier molecular flexibility index (Phi) is 3.45. The third-order valence-electron chi connectivity index (χ3n) is 2.50. The molecular formula is C10H15N3O2. The highest BCUT2D eigenvalue weighted by molar-refractivity contribution is 5.88. The predicted octanol–water partition coefficient (Wildman–Crippen LogP) is -0.405. The maximum Gasteiger partial charge on any atom is 0.256 e. The van der Waals surface area contributed by atoms with Gasteiger partial charge in [0.2, 0.25) is 0 Å². The molecule has 82 valence electrons. The second-order valence-electron chi connectivity index (χ2n) is 4.15. The zero-order valence-corrected chi connectivity index (χ0v) is 8.90. The summed E-state index contributed by atoms with van der Waals surface area (Å²) in [6.45, 7) is 5.15. The molecule has 0 spiro atoms. The molecule has 0 aromatic carbocycles. The number of hydrogen-bond acceptors (Lipinski definition) is 4. The van der Waals surface area contributed by atoms with Gasteiger partial charge in [-0.3, -0.25) is 15.0 Å². The summed E-state index contributed by atoms with van der Waals surface area (Å²) in [5.74, 6) is -0.424. The van der Waals surface area contributed by atoms with Gasteiger partial charge in [0.1, 0.15) is 0 Å². The van der Waals surface area contributed by atoms with Crippen molar-refractivity contribution in [2.24, 2.45) is 0 Å². The molecule has 1 saturated heterocycles. The number of β-amino-alcohol motifs (C(OH)–C–C–N with tert-alkyl or cyclic N) is 1. The highest BCUT2D eigenvalue weighted by Crippen LogP contribution is 2.22. The van der Waals surface area contributed by atoms with Crippen LogP contribution in [0.25, 0.3) is 0 Å². The van der Waals surface area contributed by atoms with Crippen molar-refractivity contribution in [1.82, 2.24) is 10.2 Å². The van der Waals surface area contributed by atoms with Crippen LogP contribution in [0.2, 0.25) is 0 Å². The van der Waals surface area contributed by atoms with Crippen LogP contribution < -0.4 is 5.32 Å². The molecule has 1 amide bonds. The molecule has 1 fully saturated rings. The summed E-state index contributed by atoms with van der Waals surface area (Å²) >= 11 is 0. The molecule has 0 aromatic heterocycles. The maximum atomic E-state index is 11.0. The van der Waals surface area contributed by atoms with Crippen LogP contribution in [0.4, 0.5) is 0 Å². The summed E-state index contributed by atoms with van der Waals surface area (Å²) in [5.41, 5.74) is -0.272. The van der Waals surface area contributed by atoms with Crippen LogP contribution >= 0.6 is 0 Å². The molecule has 1 aliphatic heterocycles. The van der Waals surface area contributed by atoms with Gasteiger partial charge < -0.3 is 5.11 Å². The number of rotatable bonds is 3. The van der Waals surface area contributed by atoms with Crippen LogP contribution in [-0.2, 0) is 4.79 Å². The van der Waals surface area contributed by atoms with E-state index in [0.29, 0.717) is 13.1 Å². The van der Waals surface area contributed by atoms with Crippen molar-refractivity contribution in [1.29, 1.82) is 5.26 Å². The smallest absolute Gasteiger partial charge is 0.256 e. The van der Waals surface area contributed by atoms with Gasteiger partial charge in [-0.05, 0) is 13.8 Å². The number of carbonyl (C=O) groups excluding carboxylic acids is 1. The highest BCUT2D eigenvalue weighted by atomic mass is 16.3. The standard InChI is InChI=1S/C10H15N3O2/c1-10(2,13-5-8(14)6-13)4-3-9(15)12-7-11/h3-4,8,14H,5-6H2,1-2H3,(H,12,15). The number of nitrogens with one attached hydrogen (secondary N) is 1. The van der Waals surface area contributed by atoms with Crippen LogP contribution in [-0.4, -0.2) is 40.6 Å². The molecule has 0 aliphatic carbocycles. The molecule has 0 bridgehead atoms. The average molecular weight is 209 g/mol. The minimum Gasteiger partial charge on any atom is -0.390 e. The van der Waals surface area contributed by atoms with Crippen LogP contribution in [0.3, 0.4) is 0 Å². The average Bonchev–Trinajstić information content (AvgIpc) is 2.10. The number of nitriles is 1. The van der Waals surface area contributed by atoms with E-state index in [0.717, 1.165) is 0 Å². The fraction of sp³-hybridized carbons (Fsp3) is 0.600. The van der Waals surface area contributed by atoms with Crippen LogP contribution in [0.15, 0.2) is 12.2 Å². The van der Waals surface area contributed by atoms with E-state index in [1.165, 1.54) is 6.08 Å². The Morgan fingerprint density at radius 2 is 2.27 bits per heavy atom. The molecular weight excluding hydrogens is 194 g/mol. The van der Waals surface area contributed by atoms with Gasteiger partial charge in [-0.2, -0.15) is 5.26 Å². The van der Waals surface area contributed by atoms with Gasteiger partial charge in [0, 0.05) is 24.7 Å². The zero-order chi connectivity index (χ0) is 11.5. The van der Waals surface area contributed by atoms with E-state index in [-0.39, 0.29) is 11.6 Å². The largest absolute Gasteiger partial charge is 0.390 e. The number of amides is 1. The predicted molar refractivity (Wildman–Crippen MR) is 54.6 cm³/mol. The van der Waals surface area contributed by atoms with Gasteiger partial charge >= 0.3 is 0 Å². The Labute approximate surface area is 89.0 Å². The highest BCUT2D eigenvalue weighted by Gasteiger charge is 2.34. The van der Waals surface area contributed by atoms with E-state index in [4.69, 9.17) is 10.4 Å². The Hall–Kier alpha value is -1.38. The SMILES string of the molecule is CC(C)(C=CC(=O)NC#N)N1CC(O)C1. The molecule has 0 saturated carbocycles. The summed E-state index contributed by atoms with van der Waals surface area (Å²) in [6.07, 6.45) is 4.37. The van der Waals surface area contributed by atoms with E-state index in [2.05, 4.69) is 0 Å². The third-order valence-corrected chi connectivity index (χ3v) is 2.50. The first-order chi connectivity index (χ1) is 6.95. The van der Waals surface area contributed by atoms with Crippen molar-refractivity contribution >= 4 is 5.91 Å². The molecule has 5 heteroatoms. The van der Waals surface area contributed by atoms with Gasteiger partial charge in [0.15, 0.2) is 6.19 Å². The Morgan fingerprint density at radius 1 is 1.67 bits per heavy atom. The second kappa shape index (κ2) is 4.43. The summed E-state index contributed by atoms with van der Waals surface area (Å²) in [6, 6.07) is 0. The van der Waals surface area contributed by atoms with E-state index in [1.54, 1.807) is 12.3 Å². The minimum absolute atomic E-state index is 0.259. The van der Waals surface area contributed by atoms with Crippen molar-refractivity contribution in [2.45, 2.75) is 25.5 Å². The van der Waals surface area contributed by atoms with E-state index in [9.17, 15) is 4.79 Å². The zero-order valence-electron chi connectivity index (χ0n) is 8.90. The van der Waals surface area contributed by atoms with E-state index < -0.39 is 5.91 Å². The van der Waals surface area contributed by atoms with Crippen molar-refractivity contribution in [3.05, 3.63) is 12.2 Å². The van der Waals surface area contributed by atoms with E-state index in [1.807, 2.05) is 24.1 Å². The molecule has 1 heterocycles. The molecule has 1 rings (SSSR count). The molecule has 0 atom stereocenters. The Balaban J connectivity index is 2.49. The first kappa shape index (κ1) is 11.7. The first-order valence-corrected chi connectivity index (χ1v) is 4.77. The Morgan fingerprint density at radius 3 is 2.73 bits per heavy atom. The van der Waals surface area contributed by atoms with Gasteiger partial charge in [0.05, 0.1) is 6.10 Å². The molecule has 0 unspecified atom stereocenters. The maximum absolute atomic E-state index is 11.0. The number of likely N-dealkylation sites (tertiary alicyclic amines) is 1. The van der Waals surface area contributed by atoms with Gasteiger partial charge in [-0.15, -0.1) is 0 Å². The number of hydrogen-bond donors (Lipinski definition) is 2. The van der Waals surface area contributed by atoms with Crippen LogP contribution in [0, 0.1) is 11.5 Å². The number of aliphatic hydroxyl groups is 1. The second-order valence-corrected chi connectivity index (χ2v) is 4.15. The molecule has 5 nitrogen and oxygen atoms in total. The summed E-state index contributed by atoms with van der Waals surface area (Å²) < 4.78 is 0. The molecule has 0 radical (unpaired) electrons. The van der Waals surface area contributed by atoms with Gasteiger partial charge in [0.25, 0.3) is 5.91 Å². The van der Waals surface area contributed by atoms with Crippen molar-refractivity contribution in [3.8, 4) is 6.19 Å². The lowest BCUT2D eigenvalue weighted by Gasteiger charge is -2.45. The summed E-state index contributed by atoms with van der Waals surface area (Å²) in [5, 5.41) is 19.4. The fourth-order valence-electron chi connectivity index (χ4n) is 1.41. The van der Waals surface area contributed by atoms with Crippen LogP contribution in [0.1, 0.15) is 13.8 Å². The molecule has 2 N–H and O–H groups in total. The van der Waals surface area contributed by atoms with E-state index >= 15 is 0 Å². The van der Waals surface area contributed by atoms with Crippen molar-refractivity contribution in [2.75, 3.05) is 13.1 Å². The topological polar surface area (TPSA) is 76.4 Å². The monoisotopic (exact) mass is 209 g/mol. The quantitative estimate of drug-likeness (QED) is 0.376. The normalized spacial score (nSPS) is 18.5. The fourth-order valence-corrected chi connectivity index (χ4v) is 1.41. The van der Waals surface area contributed by atoms with Crippen molar-refractivity contribution in [3.63, 3.8) is 0 Å². The lowest BCUT2D eigenvalue weighted by Crippen LogP contribution is -2.59. The van der Waals surface area contributed by atoms with Crippen molar-refractivity contribution < 1.29 is 9.90 Å². The molecule has 0 aromatic rings. The molecule has 15 heavy (non-hydrogen) atoms. The lowest BCUT2D eigenvalue weighted by molar-refractivity contribution is -0.115.